The Bertz CT molecular complexity index is 1110. The number of hydrogen-bond donors (Lipinski definition) is 2. The lowest BCUT2D eigenvalue weighted by Crippen LogP contribution is -2.12. The minimum atomic E-state index is -0.301. The Hall–Kier alpha value is -3.67. The van der Waals surface area contributed by atoms with E-state index in [1.807, 2.05) is 12.1 Å². The molecule has 1 aromatic heterocycles. The van der Waals surface area contributed by atoms with Gasteiger partial charge in [0, 0.05) is 17.1 Å². The monoisotopic (exact) mass is 361 g/mol. The second-order valence-electron chi connectivity index (χ2n) is 6.04. The number of rotatable bonds is 5. The molecule has 0 aliphatic heterocycles. The van der Waals surface area contributed by atoms with E-state index in [0.29, 0.717) is 22.5 Å². The molecule has 3 aromatic carbocycles. The number of aromatic nitrogens is 2. The Balaban J connectivity index is 1.47. The molecule has 0 saturated heterocycles. The minimum Gasteiger partial charge on any atom is -0.489 e. The molecule has 134 valence electrons. The van der Waals surface area contributed by atoms with Crippen LogP contribution >= 0.6 is 0 Å². The number of hydrogen-bond acceptors (Lipinski definition) is 3. The van der Waals surface area contributed by atoms with E-state index in [4.69, 9.17) is 4.74 Å². The van der Waals surface area contributed by atoms with Gasteiger partial charge in [0.25, 0.3) is 5.91 Å². The molecule has 1 amide bonds. The summed E-state index contributed by atoms with van der Waals surface area (Å²) < 4.78 is 18.9. The average molecular weight is 361 g/mol. The van der Waals surface area contributed by atoms with E-state index in [9.17, 15) is 9.18 Å². The summed E-state index contributed by atoms with van der Waals surface area (Å²) in [5.41, 5.74) is 2.54. The summed E-state index contributed by atoms with van der Waals surface area (Å²) in [7, 11) is 0. The quantitative estimate of drug-likeness (QED) is 0.549. The standard InChI is InChI=1S/C21H16FN3O2/c22-16-6-1-4-14(10-16)13-27-18-8-3-7-17(11-18)24-21(26)19-9-2-5-15-12-23-25-20(15)19/h1-12H,13H2,(H,23,25)(H,24,26). The third kappa shape index (κ3) is 3.79. The summed E-state index contributed by atoms with van der Waals surface area (Å²) in [6.45, 7) is 0.239. The average Bonchev–Trinajstić information content (AvgIpc) is 3.15. The van der Waals surface area contributed by atoms with Gasteiger partial charge in [0.1, 0.15) is 18.2 Å². The van der Waals surface area contributed by atoms with Crippen LogP contribution in [0.2, 0.25) is 0 Å². The van der Waals surface area contributed by atoms with Crippen molar-refractivity contribution < 1.29 is 13.9 Å². The van der Waals surface area contributed by atoms with Crippen LogP contribution in [-0.4, -0.2) is 16.1 Å². The summed E-state index contributed by atoms with van der Waals surface area (Å²) in [6.07, 6.45) is 1.67. The van der Waals surface area contributed by atoms with E-state index in [0.717, 1.165) is 10.9 Å². The first kappa shape index (κ1) is 16.8. The Morgan fingerprint density at radius 2 is 1.93 bits per heavy atom. The van der Waals surface area contributed by atoms with Crippen molar-refractivity contribution in [3.8, 4) is 5.75 Å². The first-order chi connectivity index (χ1) is 13.2. The van der Waals surface area contributed by atoms with Gasteiger partial charge in [-0.15, -0.1) is 0 Å². The van der Waals surface area contributed by atoms with E-state index in [1.54, 1.807) is 48.7 Å². The van der Waals surface area contributed by atoms with Crippen molar-refractivity contribution >= 4 is 22.5 Å². The molecule has 0 bridgehead atoms. The number of carbonyl (C=O) groups is 1. The number of ether oxygens (including phenoxy) is 1. The molecule has 0 radical (unpaired) electrons. The molecule has 27 heavy (non-hydrogen) atoms. The Labute approximate surface area is 154 Å². The van der Waals surface area contributed by atoms with Gasteiger partial charge in [-0.2, -0.15) is 5.10 Å². The van der Waals surface area contributed by atoms with Crippen LogP contribution in [0.3, 0.4) is 0 Å². The molecule has 0 fully saturated rings. The lowest BCUT2D eigenvalue weighted by Gasteiger charge is -2.10. The van der Waals surface area contributed by atoms with Gasteiger partial charge < -0.3 is 10.1 Å². The number of carbonyl (C=O) groups excluding carboxylic acids is 1. The Morgan fingerprint density at radius 1 is 1.07 bits per heavy atom. The van der Waals surface area contributed by atoms with E-state index >= 15 is 0 Å². The van der Waals surface area contributed by atoms with Crippen LogP contribution in [0.25, 0.3) is 10.9 Å². The number of nitrogens with zero attached hydrogens (tertiary/aromatic N) is 1. The zero-order chi connectivity index (χ0) is 18.6. The van der Waals surface area contributed by atoms with Crippen molar-refractivity contribution in [2.24, 2.45) is 0 Å². The number of nitrogens with one attached hydrogen (secondary N) is 2. The van der Waals surface area contributed by atoms with Gasteiger partial charge in [0.2, 0.25) is 0 Å². The fourth-order valence-electron chi connectivity index (χ4n) is 2.81. The predicted octanol–water partition coefficient (Wildman–Crippen LogP) is 4.53. The maximum atomic E-state index is 13.2. The summed E-state index contributed by atoms with van der Waals surface area (Å²) in [6, 6.07) is 18.8. The molecule has 4 aromatic rings. The van der Waals surface area contributed by atoms with E-state index < -0.39 is 0 Å². The predicted molar refractivity (Wildman–Crippen MR) is 101 cm³/mol. The third-order valence-electron chi connectivity index (χ3n) is 4.11. The molecule has 0 saturated carbocycles. The molecule has 0 unspecified atom stereocenters. The fraction of sp³-hybridized carbons (Fsp3) is 0.0476. The van der Waals surface area contributed by atoms with Gasteiger partial charge in [-0.25, -0.2) is 4.39 Å². The highest BCUT2D eigenvalue weighted by Crippen LogP contribution is 2.21. The highest BCUT2D eigenvalue weighted by atomic mass is 19.1. The zero-order valence-electron chi connectivity index (χ0n) is 14.3. The number of aromatic amines is 1. The lowest BCUT2D eigenvalue weighted by atomic mass is 10.1. The molecule has 6 heteroatoms. The minimum absolute atomic E-state index is 0.239. The van der Waals surface area contributed by atoms with Crippen LogP contribution in [0.4, 0.5) is 10.1 Å². The van der Waals surface area contributed by atoms with Crippen LogP contribution in [0.15, 0.2) is 72.9 Å². The second kappa shape index (κ2) is 7.29. The Morgan fingerprint density at radius 3 is 2.81 bits per heavy atom. The van der Waals surface area contributed by atoms with Crippen LogP contribution in [0.5, 0.6) is 5.75 Å². The van der Waals surface area contributed by atoms with Crippen molar-refractivity contribution in [2.75, 3.05) is 5.32 Å². The van der Waals surface area contributed by atoms with Crippen molar-refractivity contribution in [1.82, 2.24) is 10.2 Å². The maximum absolute atomic E-state index is 13.2. The van der Waals surface area contributed by atoms with E-state index in [-0.39, 0.29) is 18.3 Å². The SMILES string of the molecule is O=C(Nc1cccc(OCc2cccc(F)c2)c1)c1cccc2cn[nH]c12. The van der Waals surface area contributed by atoms with Crippen LogP contribution in [0, 0.1) is 5.82 Å². The summed E-state index contributed by atoms with van der Waals surface area (Å²) >= 11 is 0. The summed E-state index contributed by atoms with van der Waals surface area (Å²) in [5, 5.41) is 10.5. The largest absolute Gasteiger partial charge is 0.489 e. The molecule has 0 aliphatic carbocycles. The van der Waals surface area contributed by atoms with E-state index in [1.165, 1.54) is 12.1 Å². The lowest BCUT2D eigenvalue weighted by molar-refractivity contribution is 0.102. The van der Waals surface area contributed by atoms with E-state index in [2.05, 4.69) is 15.5 Å². The third-order valence-corrected chi connectivity index (χ3v) is 4.11. The van der Waals surface area contributed by atoms with Crippen molar-refractivity contribution in [3.63, 3.8) is 0 Å². The first-order valence-corrected chi connectivity index (χ1v) is 8.40. The smallest absolute Gasteiger partial charge is 0.257 e. The van der Waals surface area contributed by atoms with Gasteiger partial charge in [-0.3, -0.25) is 9.89 Å². The van der Waals surface area contributed by atoms with Gasteiger partial charge in [-0.05, 0) is 35.9 Å². The number of fused-ring (bicyclic) bond motifs is 1. The number of benzene rings is 3. The topological polar surface area (TPSA) is 67.0 Å². The highest BCUT2D eigenvalue weighted by Gasteiger charge is 2.12. The molecule has 1 heterocycles. The number of amides is 1. The number of para-hydroxylation sites is 1. The molecule has 4 rings (SSSR count). The van der Waals surface area contributed by atoms with Gasteiger partial charge in [0.15, 0.2) is 0 Å². The molecule has 0 aliphatic rings. The molecule has 0 atom stereocenters. The van der Waals surface area contributed by atoms with Crippen molar-refractivity contribution in [1.29, 1.82) is 0 Å². The van der Waals surface area contributed by atoms with Gasteiger partial charge >= 0.3 is 0 Å². The molecule has 2 N–H and O–H groups in total. The molecule has 5 nitrogen and oxygen atoms in total. The molecular weight excluding hydrogens is 345 g/mol. The highest BCUT2D eigenvalue weighted by molar-refractivity contribution is 6.11. The van der Waals surface area contributed by atoms with Crippen LogP contribution < -0.4 is 10.1 Å². The summed E-state index contributed by atoms with van der Waals surface area (Å²) in [4.78, 5) is 12.6. The first-order valence-electron chi connectivity index (χ1n) is 8.40. The van der Waals surface area contributed by atoms with Gasteiger partial charge in [-0.1, -0.05) is 30.3 Å². The number of anilines is 1. The zero-order valence-corrected chi connectivity index (χ0v) is 14.3. The molecule has 0 spiro atoms. The Kier molecular flexibility index (Phi) is 4.53. The van der Waals surface area contributed by atoms with Crippen LogP contribution in [-0.2, 0) is 6.61 Å². The second-order valence-corrected chi connectivity index (χ2v) is 6.04. The fourth-order valence-corrected chi connectivity index (χ4v) is 2.81. The van der Waals surface area contributed by atoms with Gasteiger partial charge in [0.05, 0.1) is 17.3 Å². The normalized spacial score (nSPS) is 10.7. The van der Waals surface area contributed by atoms with Crippen molar-refractivity contribution in [2.45, 2.75) is 6.61 Å². The summed E-state index contributed by atoms with van der Waals surface area (Å²) in [5.74, 6) is 0.0361. The maximum Gasteiger partial charge on any atom is 0.257 e. The van der Waals surface area contributed by atoms with Crippen LogP contribution in [0.1, 0.15) is 15.9 Å². The number of halogens is 1. The number of H-pyrrole nitrogens is 1. The molecular formula is C21H16FN3O2. The van der Waals surface area contributed by atoms with Crippen molar-refractivity contribution in [3.05, 3.63) is 89.9 Å².